The lowest BCUT2D eigenvalue weighted by Gasteiger charge is -2.09. The molecule has 1 aromatic heterocycles. The molecule has 3 rings (SSSR count). The molecule has 0 unspecified atom stereocenters. The maximum absolute atomic E-state index is 13.1. The molecule has 0 N–H and O–H groups in total. The third kappa shape index (κ3) is 3.33. The Morgan fingerprint density at radius 1 is 1.17 bits per heavy atom. The van der Waals surface area contributed by atoms with E-state index in [1.54, 1.807) is 12.1 Å². The van der Waals surface area contributed by atoms with Crippen LogP contribution in [0.4, 0.5) is 13.2 Å². The van der Waals surface area contributed by atoms with Crippen LogP contribution in [-0.2, 0) is 6.54 Å². The number of hydrogen-bond donors (Lipinski definition) is 0. The van der Waals surface area contributed by atoms with Gasteiger partial charge < -0.3 is 4.74 Å². The van der Waals surface area contributed by atoms with Gasteiger partial charge in [-0.05, 0) is 29.8 Å². The molecule has 4 nitrogen and oxygen atoms in total. The predicted molar refractivity (Wildman–Crippen MR) is 78.1 cm³/mol. The number of rotatable bonds is 4. The van der Waals surface area contributed by atoms with Gasteiger partial charge in [-0.15, -0.1) is 0 Å². The molecule has 2 aromatic carbocycles. The minimum Gasteiger partial charge on any atom is -0.435 e. The molecule has 1 heterocycles. The van der Waals surface area contributed by atoms with E-state index in [1.165, 1.54) is 41.2 Å². The van der Waals surface area contributed by atoms with Crippen molar-refractivity contribution in [3.05, 3.63) is 70.5 Å². The van der Waals surface area contributed by atoms with Gasteiger partial charge in [-0.3, -0.25) is 9.36 Å². The lowest BCUT2D eigenvalue weighted by molar-refractivity contribution is -0.0498. The number of aromatic nitrogens is 2. The van der Waals surface area contributed by atoms with Gasteiger partial charge in [0, 0.05) is 6.07 Å². The molecule has 23 heavy (non-hydrogen) atoms. The molecule has 0 radical (unpaired) electrons. The highest BCUT2D eigenvalue weighted by molar-refractivity contribution is 5.77. The number of benzene rings is 2. The highest BCUT2D eigenvalue weighted by atomic mass is 19.3. The molecule has 0 atom stereocenters. The number of halogens is 3. The van der Waals surface area contributed by atoms with Gasteiger partial charge in [0.2, 0.25) is 0 Å². The van der Waals surface area contributed by atoms with Crippen molar-refractivity contribution in [1.29, 1.82) is 0 Å². The summed E-state index contributed by atoms with van der Waals surface area (Å²) >= 11 is 0. The van der Waals surface area contributed by atoms with E-state index < -0.39 is 12.4 Å². The second kappa shape index (κ2) is 6.12. The summed E-state index contributed by atoms with van der Waals surface area (Å²) in [5, 5.41) is 0.286. The van der Waals surface area contributed by atoms with E-state index in [1.807, 2.05) is 0 Å². The molecule has 118 valence electrons. The number of alkyl halides is 2. The van der Waals surface area contributed by atoms with Gasteiger partial charge in [0.25, 0.3) is 5.56 Å². The summed E-state index contributed by atoms with van der Waals surface area (Å²) in [4.78, 5) is 16.4. The van der Waals surface area contributed by atoms with E-state index in [0.717, 1.165) is 0 Å². The standard InChI is InChI=1S/C16H11F3N2O2/c17-11-4-5-13-14(7-11)20-9-21(15(13)22)8-10-2-1-3-12(6-10)23-16(18)19/h1-7,9,16H,8H2. The second-order valence-electron chi connectivity index (χ2n) is 4.87. The average Bonchev–Trinajstić information content (AvgIpc) is 2.50. The fourth-order valence-corrected chi connectivity index (χ4v) is 2.26. The molecule has 0 saturated carbocycles. The molecule has 0 bridgehead atoms. The van der Waals surface area contributed by atoms with Gasteiger partial charge in [-0.1, -0.05) is 12.1 Å². The average molecular weight is 320 g/mol. The Kier molecular flexibility index (Phi) is 4.01. The van der Waals surface area contributed by atoms with Crippen LogP contribution in [0.5, 0.6) is 5.75 Å². The van der Waals surface area contributed by atoms with E-state index in [2.05, 4.69) is 9.72 Å². The van der Waals surface area contributed by atoms with Crippen molar-refractivity contribution in [2.45, 2.75) is 13.2 Å². The summed E-state index contributed by atoms with van der Waals surface area (Å²) in [6.45, 7) is -2.77. The van der Waals surface area contributed by atoms with Crippen LogP contribution in [-0.4, -0.2) is 16.2 Å². The van der Waals surface area contributed by atoms with Crippen molar-refractivity contribution < 1.29 is 17.9 Å². The number of ether oxygens (including phenoxy) is 1. The summed E-state index contributed by atoms with van der Waals surface area (Å²) < 4.78 is 43.3. The predicted octanol–water partition coefficient (Wildman–Crippen LogP) is 3.19. The van der Waals surface area contributed by atoms with Gasteiger partial charge in [-0.2, -0.15) is 8.78 Å². The molecular formula is C16H11F3N2O2. The van der Waals surface area contributed by atoms with Crippen LogP contribution < -0.4 is 10.3 Å². The Balaban J connectivity index is 1.94. The fourth-order valence-electron chi connectivity index (χ4n) is 2.26. The van der Waals surface area contributed by atoms with E-state index in [4.69, 9.17) is 0 Å². The van der Waals surface area contributed by atoms with E-state index >= 15 is 0 Å². The topological polar surface area (TPSA) is 44.1 Å². The Hall–Kier alpha value is -2.83. The highest BCUT2D eigenvalue weighted by Crippen LogP contribution is 2.16. The molecule has 7 heteroatoms. The van der Waals surface area contributed by atoms with Gasteiger partial charge >= 0.3 is 6.61 Å². The Bertz CT molecular complexity index is 909. The lowest BCUT2D eigenvalue weighted by Crippen LogP contribution is -2.21. The van der Waals surface area contributed by atoms with Crippen LogP contribution in [0.1, 0.15) is 5.56 Å². The quantitative estimate of drug-likeness (QED) is 0.741. The summed E-state index contributed by atoms with van der Waals surface area (Å²) in [6, 6.07) is 9.80. The summed E-state index contributed by atoms with van der Waals surface area (Å²) in [5.74, 6) is -0.458. The molecule has 0 saturated heterocycles. The van der Waals surface area contributed by atoms with Crippen molar-refractivity contribution in [2.75, 3.05) is 0 Å². The third-order valence-corrected chi connectivity index (χ3v) is 3.26. The van der Waals surface area contributed by atoms with Crippen molar-refractivity contribution in [3.63, 3.8) is 0 Å². The molecular weight excluding hydrogens is 309 g/mol. The minimum atomic E-state index is -2.91. The lowest BCUT2D eigenvalue weighted by atomic mass is 10.2. The van der Waals surface area contributed by atoms with E-state index in [-0.39, 0.29) is 28.8 Å². The smallest absolute Gasteiger partial charge is 0.387 e. The first-order valence-corrected chi connectivity index (χ1v) is 6.71. The van der Waals surface area contributed by atoms with Crippen LogP contribution in [0.3, 0.4) is 0 Å². The zero-order valence-electron chi connectivity index (χ0n) is 11.7. The van der Waals surface area contributed by atoms with Gasteiger partial charge in [0.15, 0.2) is 0 Å². The van der Waals surface area contributed by atoms with Crippen LogP contribution in [0.2, 0.25) is 0 Å². The number of hydrogen-bond acceptors (Lipinski definition) is 3. The summed E-state index contributed by atoms with van der Waals surface area (Å²) in [6.07, 6.45) is 1.30. The van der Waals surface area contributed by atoms with E-state index in [0.29, 0.717) is 5.56 Å². The van der Waals surface area contributed by atoms with Crippen molar-refractivity contribution in [1.82, 2.24) is 9.55 Å². The minimum absolute atomic E-state index is 0.0152. The number of fused-ring (bicyclic) bond motifs is 1. The molecule has 0 amide bonds. The normalized spacial score (nSPS) is 11.1. The largest absolute Gasteiger partial charge is 0.435 e. The van der Waals surface area contributed by atoms with Crippen molar-refractivity contribution in [3.8, 4) is 5.75 Å². The first-order chi connectivity index (χ1) is 11.0. The maximum Gasteiger partial charge on any atom is 0.387 e. The van der Waals surface area contributed by atoms with E-state index in [9.17, 15) is 18.0 Å². The van der Waals surface area contributed by atoms with Gasteiger partial charge in [-0.25, -0.2) is 9.37 Å². The first-order valence-electron chi connectivity index (χ1n) is 6.71. The Labute approximate surface area is 128 Å². The van der Waals surface area contributed by atoms with Crippen LogP contribution in [0.15, 0.2) is 53.6 Å². The molecule has 0 spiro atoms. The van der Waals surface area contributed by atoms with Gasteiger partial charge in [0.05, 0.1) is 23.8 Å². The van der Waals surface area contributed by atoms with Crippen LogP contribution in [0, 0.1) is 5.82 Å². The zero-order chi connectivity index (χ0) is 16.4. The molecule has 0 fully saturated rings. The number of nitrogens with zero attached hydrogens (tertiary/aromatic N) is 2. The SMILES string of the molecule is O=c1c2ccc(F)cc2ncn1Cc1cccc(OC(F)F)c1. The monoisotopic (exact) mass is 320 g/mol. The zero-order valence-corrected chi connectivity index (χ0v) is 11.7. The second-order valence-corrected chi connectivity index (χ2v) is 4.87. The highest BCUT2D eigenvalue weighted by Gasteiger charge is 2.08. The van der Waals surface area contributed by atoms with Crippen LogP contribution in [0.25, 0.3) is 10.9 Å². The first kappa shape index (κ1) is 15.1. The summed E-state index contributed by atoms with van der Waals surface area (Å²) in [5.41, 5.74) is 0.532. The Morgan fingerprint density at radius 3 is 2.78 bits per heavy atom. The third-order valence-electron chi connectivity index (χ3n) is 3.26. The Morgan fingerprint density at radius 2 is 2.00 bits per heavy atom. The van der Waals surface area contributed by atoms with Crippen molar-refractivity contribution in [2.24, 2.45) is 0 Å². The molecule has 0 aliphatic rings. The molecule has 3 aromatic rings. The van der Waals surface area contributed by atoms with Gasteiger partial charge in [0.1, 0.15) is 11.6 Å². The van der Waals surface area contributed by atoms with Crippen LogP contribution >= 0.6 is 0 Å². The fraction of sp³-hybridized carbons (Fsp3) is 0.125. The molecule has 0 aliphatic carbocycles. The maximum atomic E-state index is 13.1. The summed E-state index contributed by atoms with van der Waals surface area (Å²) in [7, 11) is 0. The molecule has 0 aliphatic heterocycles. The van der Waals surface area contributed by atoms with Crippen molar-refractivity contribution >= 4 is 10.9 Å².